The molecule has 0 aliphatic carbocycles. The van der Waals surface area contributed by atoms with Crippen molar-refractivity contribution in [3.05, 3.63) is 41.8 Å². The van der Waals surface area contributed by atoms with Crippen LogP contribution in [0.2, 0.25) is 0 Å². The van der Waals surface area contributed by atoms with Crippen LogP contribution in [0, 0.1) is 5.82 Å². The van der Waals surface area contributed by atoms with Crippen LogP contribution in [-0.4, -0.2) is 30.7 Å². The number of anilines is 1. The highest BCUT2D eigenvalue weighted by Crippen LogP contribution is 2.19. The molecule has 2 rings (SSSR count). The third-order valence-corrected chi connectivity index (χ3v) is 3.00. The lowest BCUT2D eigenvalue weighted by Gasteiger charge is -2.09. The quantitative estimate of drug-likeness (QED) is 0.795. The van der Waals surface area contributed by atoms with E-state index in [0.717, 1.165) is 30.4 Å². The molecular weight excluding hydrogens is 273 g/mol. The third-order valence-electron chi connectivity index (χ3n) is 3.00. The molecule has 0 radical (unpaired) electrons. The van der Waals surface area contributed by atoms with E-state index in [1.54, 1.807) is 7.11 Å². The standard InChI is InChI=1S/C15H18FN3O2/c1-20-13-8-4-3-6-11(13)7-5-9-17-15-18-10-12(16)14(19-15)21-2/h3-4,6,8,10H,5,7,9H2,1-2H3,(H,17,18,19). The van der Waals surface area contributed by atoms with Crippen molar-refractivity contribution in [2.45, 2.75) is 12.8 Å². The molecule has 0 unspecified atom stereocenters. The zero-order valence-corrected chi connectivity index (χ0v) is 12.1. The molecule has 1 heterocycles. The summed E-state index contributed by atoms with van der Waals surface area (Å²) >= 11 is 0. The first-order valence-corrected chi connectivity index (χ1v) is 6.67. The van der Waals surface area contributed by atoms with Gasteiger partial charge in [0.05, 0.1) is 20.4 Å². The summed E-state index contributed by atoms with van der Waals surface area (Å²) in [5.74, 6) is 0.611. The summed E-state index contributed by atoms with van der Waals surface area (Å²) in [7, 11) is 3.03. The number of nitrogens with zero attached hydrogens (tertiary/aromatic N) is 2. The Morgan fingerprint density at radius 1 is 1.19 bits per heavy atom. The molecule has 0 spiro atoms. The molecule has 0 amide bonds. The van der Waals surface area contributed by atoms with Gasteiger partial charge in [0.25, 0.3) is 5.88 Å². The van der Waals surface area contributed by atoms with E-state index in [-0.39, 0.29) is 5.88 Å². The highest BCUT2D eigenvalue weighted by molar-refractivity contribution is 5.33. The molecule has 0 bridgehead atoms. The molecule has 1 N–H and O–H groups in total. The average molecular weight is 291 g/mol. The van der Waals surface area contributed by atoms with Crippen LogP contribution in [0.25, 0.3) is 0 Å². The van der Waals surface area contributed by atoms with Crippen LogP contribution in [0.4, 0.5) is 10.3 Å². The van der Waals surface area contributed by atoms with Gasteiger partial charge in [0, 0.05) is 6.54 Å². The maximum Gasteiger partial charge on any atom is 0.255 e. The summed E-state index contributed by atoms with van der Waals surface area (Å²) in [5.41, 5.74) is 1.15. The van der Waals surface area contributed by atoms with E-state index in [0.29, 0.717) is 12.5 Å². The molecule has 1 aromatic carbocycles. The van der Waals surface area contributed by atoms with Gasteiger partial charge in [0.1, 0.15) is 5.75 Å². The summed E-state index contributed by atoms with van der Waals surface area (Å²) < 4.78 is 23.3. The Hall–Kier alpha value is -2.37. The lowest BCUT2D eigenvalue weighted by atomic mass is 10.1. The van der Waals surface area contributed by atoms with E-state index in [9.17, 15) is 4.39 Å². The van der Waals surface area contributed by atoms with Crippen LogP contribution < -0.4 is 14.8 Å². The largest absolute Gasteiger partial charge is 0.496 e. The smallest absolute Gasteiger partial charge is 0.255 e. The van der Waals surface area contributed by atoms with Crippen molar-refractivity contribution in [1.29, 1.82) is 0 Å². The Kier molecular flexibility index (Phi) is 5.31. The Balaban J connectivity index is 1.84. The third kappa shape index (κ3) is 4.05. The van der Waals surface area contributed by atoms with Gasteiger partial charge in [-0.05, 0) is 24.5 Å². The number of hydrogen-bond acceptors (Lipinski definition) is 5. The van der Waals surface area contributed by atoms with Gasteiger partial charge in [-0.25, -0.2) is 4.98 Å². The van der Waals surface area contributed by atoms with Crippen LogP contribution in [0.1, 0.15) is 12.0 Å². The fraction of sp³-hybridized carbons (Fsp3) is 0.333. The molecule has 2 aromatic rings. The summed E-state index contributed by atoms with van der Waals surface area (Å²) in [6, 6.07) is 7.91. The predicted octanol–water partition coefficient (Wildman–Crippen LogP) is 2.68. The first-order chi connectivity index (χ1) is 10.2. The maximum atomic E-state index is 13.2. The van der Waals surface area contributed by atoms with Crippen molar-refractivity contribution in [3.63, 3.8) is 0 Å². The molecule has 0 saturated carbocycles. The van der Waals surface area contributed by atoms with Crippen LogP contribution in [0.15, 0.2) is 30.5 Å². The van der Waals surface area contributed by atoms with Gasteiger partial charge in [-0.15, -0.1) is 0 Å². The number of nitrogens with one attached hydrogen (secondary N) is 1. The zero-order chi connectivity index (χ0) is 15.1. The van der Waals surface area contributed by atoms with Crippen molar-refractivity contribution in [2.24, 2.45) is 0 Å². The highest BCUT2D eigenvalue weighted by Gasteiger charge is 2.06. The average Bonchev–Trinajstić information content (AvgIpc) is 2.53. The number of rotatable bonds is 7. The van der Waals surface area contributed by atoms with E-state index in [2.05, 4.69) is 15.3 Å². The minimum Gasteiger partial charge on any atom is -0.496 e. The Morgan fingerprint density at radius 3 is 2.76 bits per heavy atom. The van der Waals surface area contributed by atoms with Gasteiger partial charge in [-0.1, -0.05) is 18.2 Å². The van der Waals surface area contributed by atoms with E-state index < -0.39 is 5.82 Å². The normalized spacial score (nSPS) is 10.2. The lowest BCUT2D eigenvalue weighted by molar-refractivity contribution is 0.368. The van der Waals surface area contributed by atoms with Crippen molar-refractivity contribution in [3.8, 4) is 11.6 Å². The van der Waals surface area contributed by atoms with Crippen LogP contribution in [-0.2, 0) is 6.42 Å². The van der Waals surface area contributed by atoms with E-state index in [1.165, 1.54) is 7.11 Å². The summed E-state index contributed by atoms with van der Waals surface area (Å²) in [5, 5.41) is 3.04. The van der Waals surface area contributed by atoms with Gasteiger partial charge in [0.15, 0.2) is 0 Å². The second-order valence-corrected chi connectivity index (χ2v) is 4.39. The van der Waals surface area contributed by atoms with Crippen LogP contribution in [0.3, 0.4) is 0 Å². The number of halogens is 1. The fourth-order valence-corrected chi connectivity index (χ4v) is 1.97. The number of benzene rings is 1. The molecule has 0 aliphatic rings. The molecule has 112 valence electrons. The molecule has 0 saturated heterocycles. The van der Waals surface area contributed by atoms with Gasteiger partial charge in [-0.3, -0.25) is 0 Å². The maximum absolute atomic E-state index is 13.2. The Morgan fingerprint density at radius 2 is 2.00 bits per heavy atom. The van der Waals surface area contributed by atoms with Gasteiger partial charge in [0.2, 0.25) is 11.8 Å². The first-order valence-electron chi connectivity index (χ1n) is 6.67. The zero-order valence-electron chi connectivity index (χ0n) is 12.1. The Bertz CT molecular complexity index is 593. The summed E-state index contributed by atoms with van der Waals surface area (Å²) in [6.07, 6.45) is 2.84. The fourth-order valence-electron chi connectivity index (χ4n) is 1.97. The monoisotopic (exact) mass is 291 g/mol. The molecule has 0 atom stereocenters. The molecule has 5 nitrogen and oxygen atoms in total. The number of ether oxygens (including phenoxy) is 2. The van der Waals surface area contributed by atoms with E-state index >= 15 is 0 Å². The number of para-hydroxylation sites is 1. The predicted molar refractivity (Wildman–Crippen MR) is 78.3 cm³/mol. The minimum atomic E-state index is -0.572. The molecule has 0 fully saturated rings. The SMILES string of the molecule is COc1ccccc1CCCNc1ncc(F)c(OC)n1. The highest BCUT2D eigenvalue weighted by atomic mass is 19.1. The van der Waals surface area contributed by atoms with Crippen molar-refractivity contribution >= 4 is 5.95 Å². The molecule has 0 aliphatic heterocycles. The second-order valence-electron chi connectivity index (χ2n) is 4.39. The van der Waals surface area contributed by atoms with Crippen molar-refractivity contribution in [2.75, 3.05) is 26.1 Å². The topological polar surface area (TPSA) is 56.3 Å². The van der Waals surface area contributed by atoms with Gasteiger partial charge < -0.3 is 14.8 Å². The van der Waals surface area contributed by atoms with Gasteiger partial charge >= 0.3 is 0 Å². The number of aromatic nitrogens is 2. The molecule has 21 heavy (non-hydrogen) atoms. The van der Waals surface area contributed by atoms with Crippen molar-refractivity contribution in [1.82, 2.24) is 9.97 Å². The number of aryl methyl sites for hydroxylation is 1. The van der Waals surface area contributed by atoms with Crippen molar-refractivity contribution < 1.29 is 13.9 Å². The number of hydrogen-bond donors (Lipinski definition) is 1. The molecule has 6 heteroatoms. The second kappa shape index (κ2) is 7.42. The minimum absolute atomic E-state index is 0.0581. The van der Waals surface area contributed by atoms with Gasteiger partial charge in [-0.2, -0.15) is 9.37 Å². The van der Waals surface area contributed by atoms with E-state index in [1.807, 2.05) is 24.3 Å². The molecule has 1 aromatic heterocycles. The van der Waals surface area contributed by atoms with E-state index in [4.69, 9.17) is 9.47 Å². The molecular formula is C15H18FN3O2. The first kappa shape index (κ1) is 15.0. The Labute approximate surface area is 123 Å². The summed E-state index contributed by atoms with van der Waals surface area (Å²) in [6.45, 7) is 0.673. The number of methoxy groups -OCH3 is 2. The van der Waals surface area contributed by atoms with Crippen LogP contribution >= 0.6 is 0 Å². The summed E-state index contributed by atoms with van der Waals surface area (Å²) in [4.78, 5) is 7.79. The lowest BCUT2D eigenvalue weighted by Crippen LogP contribution is -2.08. The van der Waals surface area contributed by atoms with Crippen LogP contribution in [0.5, 0.6) is 11.6 Å².